The lowest BCUT2D eigenvalue weighted by Gasteiger charge is -2.42. The summed E-state index contributed by atoms with van der Waals surface area (Å²) in [5.74, 6) is 0.401. The highest BCUT2D eigenvalue weighted by Crippen LogP contribution is 2.42. The third kappa shape index (κ3) is 4.38. The van der Waals surface area contributed by atoms with Crippen LogP contribution in [0.1, 0.15) is 57.6 Å². The molecule has 3 heterocycles. The third-order valence-electron chi connectivity index (χ3n) is 6.65. The largest absolute Gasteiger partial charge is 0.487 e. The molecule has 0 bridgehead atoms. The van der Waals surface area contributed by atoms with Crippen molar-refractivity contribution in [2.24, 2.45) is 5.92 Å². The summed E-state index contributed by atoms with van der Waals surface area (Å²) in [5.41, 5.74) is 0.695. The van der Waals surface area contributed by atoms with E-state index in [0.29, 0.717) is 30.0 Å². The number of hydrogen-bond donors (Lipinski definition) is 1. The van der Waals surface area contributed by atoms with Gasteiger partial charge >= 0.3 is 0 Å². The Hall–Kier alpha value is -1.90. The molecule has 0 saturated carbocycles. The van der Waals surface area contributed by atoms with E-state index >= 15 is 0 Å². The minimum atomic E-state index is -3.54. The molecular formula is C23H30N2O4S2. The van der Waals surface area contributed by atoms with E-state index in [9.17, 15) is 13.2 Å². The van der Waals surface area contributed by atoms with Crippen molar-refractivity contribution in [3.05, 3.63) is 47.3 Å². The number of hydrogen-bond acceptors (Lipinski definition) is 5. The minimum Gasteiger partial charge on any atom is -0.487 e. The third-order valence-corrected chi connectivity index (χ3v) is 9.88. The summed E-state index contributed by atoms with van der Waals surface area (Å²) in [7, 11) is -3.54. The van der Waals surface area contributed by atoms with Gasteiger partial charge in [-0.2, -0.15) is 4.31 Å². The van der Waals surface area contributed by atoms with E-state index < -0.39 is 10.0 Å². The lowest BCUT2D eigenvalue weighted by Crippen LogP contribution is -2.48. The highest BCUT2D eigenvalue weighted by Gasteiger charge is 2.40. The maximum absolute atomic E-state index is 13.3. The van der Waals surface area contributed by atoms with E-state index in [2.05, 4.69) is 19.2 Å². The van der Waals surface area contributed by atoms with Gasteiger partial charge in [-0.3, -0.25) is 4.79 Å². The number of ether oxygens (including phenoxy) is 1. The first kappa shape index (κ1) is 22.3. The Morgan fingerprint density at radius 1 is 1.23 bits per heavy atom. The average molecular weight is 463 g/mol. The summed E-state index contributed by atoms with van der Waals surface area (Å²) < 4.78 is 34.0. The minimum absolute atomic E-state index is 0.0751. The van der Waals surface area contributed by atoms with E-state index in [0.717, 1.165) is 24.2 Å². The van der Waals surface area contributed by atoms with Crippen molar-refractivity contribution in [2.75, 3.05) is 13.1 Å². The summed E-state index contributed by atoms with van der Waals surface area (Å²) in [6.07, 6.45) is 3.81. The average Bonchev–Trinajstić information content (AvgIpc) is 3.35. The lowest BCUT2D eigenvalue weighted by atomic mass is 9.83. The number of carbonyl (C=O) groups is 1. The molecule has 0 aliphatic carbocycles. The van der Waals surface area contributed by atoms with Gasteiger partial charge in [0.25, 0.3) is 10.0 Å². The first-order valence-corrected chi connectivity index (χ1v) is 13.3. The molecule has 0 spiro atoms. The summed E-state index contributed by atoms with van der Waals surface area (Å²) in [6, 6.07) is 11.1. The zero-order valence-electron chi connectivity index (χ0n) is 18.0. The Bertz CT molecular complexity index is 1020. The summed E-state index contributed by atoms with van der Waals surface area (Å²) in [5, 5.41) is 5.00. The number of para-hydroxylation sites is 1. The quantitative estimate of drug-likeness (QED) is 0.693. The van der Waals surface area contributed by atoms with Crippen molar-refractivity contribution in [3.63, 3.8) is 0 Å². The molecule has 1 aromatic heterocycles. The Labute approximate surface area is 188 Å². The van der Waals surface area contributed by atoms with Gasteiger partial charge in [0, 0.05) is 25.1 Å². The first-order chi connectivity index (χ1) is 14.9. The number of carbonyl (C=O) groups excluding carboxylic acids is 1. The Morgan fingerprint density at radius 3 is 2.71 bits per heavy atom. The molecule has 2 atom stereocenters. The van der Waals surface area contributed by atoms with Crippen LogP contribution < -0.4 is 10.1 Å². The van der Waals surface area contributed by atoms with Gasteiger partial charge in [0.15, 0.2) is 0 Å². The summed E-state index contributed by atoms with van der Waals surface area (Å²) in [6.45, 7) is 4.91. The normalized spacial score (nSPS) is 23.5. The van der Waals surface area contributed by atoms with Crippen molar-refractivity contribution in [3.8, 4) is 5.75 Å². The van der Waals surface area contributed by atoms with Gasteiger partial charge < -0.3 is 10.1 Å². The van der Waals surface area contributed by atoms with Crippen molar-refractivity contribution in [2.45, 2.75) is 61.8 Å². The van der Waals surface area contributed by atoms with Gasteiger partial charge in [0.2, 0.25) is 5.91 Å². The summed E-state index contributed by atoms with van der Waals surface area (Å²) in [4.78, 5) is 13.3. The van der Waals surface area contributed by atoms with E-state index in [1.807, 2.05) is 24.3 Å². The molecule has 0 radical (unpaired) electrons. The van der Waals surface area contributed by atoms with E-state index in [1.54, 1.807) is 17.5 Å². The zero-order chi connectivity index (χ0) is 22.1. The molecule has 1 fully saturated rings. The second kappa shape index (κ2) is 8.92. The Balaban J connectivity index is 1.51. The smallest absolute Gasteiger partial charge is 0.252 e. The van der Waals surface area contributed by atoms with Crippen LogP contribution in [0.4, 0.5) is 0 Å². The van der Waals surface area contributed by atoms with Crippen LogP contribution in [0, 0.1) is 5.92 Å². The number of thiophene rings is 1. The fourth-order valence-corrected chi connectivity index (χ4v) is 7.30. The topological polar surface area (TPSA) is 75.7 Å². The zero-order valence-corrected chi connectivity index (χ0v) is 19.7. The van der Waals surface area contributed by atoms with Crippen molar-refractivity contribution < 1.29 is 17.9 Å². The van der Waals surface area contributed by atoms with Crippen molar-refractivity contribution in [1.29, 1.82) is 0 Å². The predicted molar refractivity (Wildman–Crippen MR) is 122 cm³/mol. The highest BCUT2D eigenvalue weighted by atomic mass is 32.2. The molecule has 0 unspecified atom stereocenters. The van der Waals surface area contributed by atoms with Crippen LogP contribution in [0.5, 0.6) is 5.75 Å². The van der Waals surface area contributed by atoms with Gasteiger partial charge in [-0.05, 0) is 43.2 Å². The van der Waals surface area contributed by atoms with E-state index in [-0.39, 0.29) is 30.0 Å². The fraction of sp³-hybridized carbons (Fsp3) is 0.522. The maximum atomic E-state index is 13.3. The van der Waals surface area contributed by atoms with E-state index in [1.165, 1.54) is 15.6 Å². The van der Waals surface area contributed by atoms with Gasteiger partial charge in [-0.1, -0.05) is 38.1 Å². The monoisotopic (exact) mass is 462 g/mol. The molecule has 2 aliphatic heterocycles. The summed E-state index contributed by atoms with van der Waals surface area (Å²) >= 11 is 1.21. The standard InChI is InChI=1S/C23H30N2O4S2/c1-3-23(4-2)15-19(18-10-5-6-11-20(18)29-23)24-22(26)17-9-7-13-25(16-17)31(27,28)21-12-8-14-30-21/h5-6,8,10-12,14,17,19H,3-4,7,9,13,15-16H2,1-2H3,(H,24,26)/t17-,19+/m0/s1. The number of benzene rings is 1. The van der Waals surface area contributed by atoms with Crippen LogP contribution in [0.25, 0.3) is 0 Å². The maximum Gasteiger partial charge on any atom is 0.252 e. The van der Waals surface area contributed by atoms with Gasteiger partial charge in [0.05, 0.1) is 12.0 Å². The number of sulfonamides is 1. The van der Waals surface area contributed by atoms with Gasteiger partial charge in [-0.25, -0.2) is 8.42 Å². The molecular weight excluding hydrogens is 432 g/mol. The van der Waals surface area contributed by atoms with Crippen LogP contribution >= 0.6 is 11.3 Å². The molecule has 2 aliphatic rings. The molecule has 31 heavy (non-hydrogen) atoms. The molecule has 1 N–H and O–H groups in total. The molecule has 168 valence electrons. The molecule has 8 heteroatoms. The molecule has 1 saturated heterocycles. The fourth-order valence-electron chi connectivity index (χ4n) is 4.63. The second-order valence-electron chi connectivity index (χ2n) is 8.43. The number of piperidine rings is 1. The highest BCUT2D eigenvalue weighted by molar-refractivity contribution is 7.91. The van der Waals surface area contributed by atoms with Crippen LogP contribution in [-0.4, -0.2) is 37.3 Å². The van der Waals surface area contributed by atoms with Crippen LogP contribution in [-0.2, 0) is 14.8 Å². The number of rotatable bonds is 6. The van der Waals surface area contributed by atoms with Crippen LogP contribution in [0.15, 0.2) is 46.0 Å². The predicted octanol–water partition coefficient (Wildman–Crippen LogP) is 4.35. The van der Waals surface area contributed by atoms with Crippen LogP contribution in [0.3, 0.4) is 0 Å². The van der Waals surface area contributed by atoms with Gasteiger partial charge in [0.1, 0.15) is 15.6 Å². The van der Waals surface area contributed by atoms with Crippen molar-refractivity contribution in [1.82, 2.24) is 9.62 Å². The molecule has 6 nitrogen and oxygen atoms in total. The number of fused-ring (bicyclic) bond motifs is 1. The number of nitrogens with zero attached hydrogens (tertiary/aromatic N) is 1. The number of amides is 1. The van der Waals surface area contributed by atoms with Gasteiger partial charge in [-0.15, -0.1) is 11.3 Å². The van der Waals surface area contributed by atoms with Crippen LogP contribution in [0.2, 0.25) is 0 Å². The SMILES string of the molecule is CCC1(CC)C[C@@H](NC(=O)[C@H]2CCCN(S(=O)(=O)c3cccs3)C2)c2ccccc2O1. The molecule has 1 amide bonds. The van der Waals surface area contributed by atoms with Crippen molar-refractivity contribution >= 4 is 27.3 Å². The Kier molecular flexibility index (Phi) is 6.42. The molecule has 2 aromatic rings. The lowest BCUT2D eigenvalue weighted by molar-refractivity contribution is -0.127. The Morgan fingerprint density at radius 2 is 2.00 bits per heavy atom. The number of nitrogens with one attached hydrogen (secondary N) is 1. The van der Waals surface area contributed by atoms with E-state index in [4.69, 9.17) is 4.74 Å². The molecule has 4 rings (SSSR count). The second-order valence-corrected chi connectivity index (χ2v) is 11.5. The first-order valence-electron chi connectivity index (χ1n) is 11.0. The molecule has 1 aromatic carbocycles.